The van der Waals surface area contributed by atoms with E-state index >= 15 is 0 Å². The van der Waals surface area contributed by atoms with Gasteiger partial charge in [-0.15, -0.1) is 11.3 Å². The van der Waals surface area contributed by atoms with Gasteiger partial charge in [0.25, 0.3) is 5.91 Å². The summed E-state index contributed by atoms with van der Waals surface area (Å²) in [6.45, 7) is 7.48. The molecule has 7 nitrogen and oxygen atoms in total. The first-order chi connectivity index (χ1) is 12.5. The third-order valence-corrected chi connectivity index (χ3v) is 5.43. The van der Waals surface area contributed by atoms with E-state index in [0.717, 1.165) is 37.3 Å². The number of fused-ring (bicyclic) bond motifs is 2. The van der Waals surface area contributed by atoms with Crippen LogP contribution in [0.15, 0.2) is 18.2 Å². The largest absolute Gasteiger partial charge is 0.369 e. The number of nitrogen functional groups attached to an aromatic ring is 1. The minimum atomic E-state index is -0.216. The molecule has 1 aliphatic heterocycles. The molecule has 0 aliphatic carbocycles. The molecule has 26 heavy (non-hydrogen) atoms. The van der Waals surface area contributed by atoms with Crippen LogP contribution in [0.2, 0.25) is 0 Å². The third-order valence-electron chi connectivity index (χ3n) is 4.43. The molecule has 0 radical (unpaired) electrons. The number of carbonyl (C=O) groups excluding carboxylic acids is 1. The lowest BCUT2D eigenvalue weighted by molar-refractivity contribution is 0.102. The molecule has 4 rings (SSSR count). The van der Waals surface area contributed by atoms with Crippen LogP contribution in [-0.2, 0) is 13.0 Å². The Morgan fingerprint density at radius 1 is 1.42 bits per heavy atom. The highest BCUT2D eigenvalue weighted by atomic mass is 32.1. The van der Waals surface area contributed by atoms with E-state index in [1.165, 1.54) is 4.88 Å². The summed E-state index contributed by atoms with van der Waals surface area (Å²) in [5, 5.41) is 3.57. The Morgan fingerprint density at radius 3 is 3.08 bits per heavy atom. The number of anilines is 2. The van der Waals surface area contributed by atoms with Gasteiger partial charge in [-0.2, -0.15) is 0 Å². The average molecular weight is 370 g/mol. The number of aromatic nitrogens is 3. The highest BCUT2D eigenvalue weighted by Crippen LogP contribution is 2.29. The van der Waals surface area contributed by atoms with E-state index in [9.17, 15) is 4.79 Å². The number of aromatic amines is 1. The summed E-state index contributed by atoms with van der Waals surface area (Å²) in [6, 6.07) is 5.41. The maximum absolute atomic E-state index is 12.7. The lowest BCUT2D eigenvalue weighted by atomic mass is 10.1. The first-order valence-corrected chi connectivity index (χ1v) is 9.57. The number of carbonyl (C=O) groups is 1. The van der Waals surface area contributed by atoms with Crippen molar-refractivity contribution in [3.05, 3.63) is 34.3 Å². The number of nitrogens with one attached hydrogen (secondary N) is 2. The maximum atomic E-state index is 12.7. The van der Waals surface area contributed by atoms with Gasteiger partial charge in [0.2, 0.25) is 0 Å². The van der Waals surface area contributed by atoms with Crippen molar-refractivity contribution in [2.24, 2.45) is 5.92 Å². The zero-order valence-corrected chi connectivity index (χ0v) is 15.7. The quantitative estimate of drug-likeness (QED) is 0.656. The first-order valence-electron chi connectivity index (χ1n) is 8.76. The van der Waals surface area contributed by atoms with E-state index < -0.39 is 0 Å². The van der Waals surface area contributed by atoms with Crippen LogP contribution in [0.4, 0.5) is 11.1 Å². The van der Waals surface area contributed by atoms with Crippen molar-refractivity contribution in [3.8, 4) is 0 Å². The second-order valence-electron chi connectivity index (χ2n) is 7.05. The molecule has 0 fully saturated rings. The topological polar surface area (TPSA) is 99.9 Å². The maximum Gasteiger partial charge on any atom is 0.259 e. The van der Waals surface area contributed by atoms with Crippen LogP contribution < -0.4 is 11.1 Å². The van der Waals surface area contributed by atoms with Crippen molar-refractivity contribution in [2.45, 2.75) is 26.8 Å². The Labute approximate surface area is 155 Å². The van der Waals surface area contributed by atoms with Gasteiger partial charge in [-0.05, 0) is 18.1 Å². The number of thiazole rings is 1. The van der Waals surface area contributed by atoms with Crippen molar-refractivity contribution in [2.75, 3.05) is 24.1 Å². The molecule has 0 bridgehead atoms. The van der Waals surface area contributed by atoms with E-state index in [1.54, 1.807) is 17.4 Å². The molecule has 136 valence electrons. The van der Waals surface area contributed by atoms with Gasteiger partial charge in [0.05, 0.1) is 16.8 Å². The van der Waals surface area contributed by atoms with Gasteiger partial charge in [0.15, 0.2) is 11.1 Å². The fourth-order valence-corrected chi connectivity index (χ4v) is 4.42. The van der Waals surface area contributed by atoms with Crippen LogP contribution in [0.1, 0.15) is 34.8 Å². The number of rotatable bonds is 4. The molecule has 1 amide bonds. The zero-order chi connectivity index (χ0) is 18.3. The summed E-state index contributed by atoms with van der Waals surface area (Å²) in [5.74, 6) is 0.730. The molecule has 3 aromatic rings. The Bertz CT molecular complexity index is 960. The van der Waals surface area contributed by atoms with Crippen molar-refractivity contribution in [1.29, 1.82) is 0 Å². The summed E-state index contributed by atoms with van der Waals surface area (Å²) in [7, 11) is 0. The number of imidazole rings is 1. The van der Waals surface area contributed by atoms with Crippen LogP contribution >= 0.6 is 11.3 Å². The summed E-state index contributed by atoms with van der Waals surface area (Å²) < 4.78 is 0. The average Bonchev–Trinajstić information content (AvgIpc) is 3.14. The van der Waals surface area contributed by atoms with Crippen molar-refractivity contribution >= 4 is 39.4 Å². The number of H-pyrrole nitrogens is 1. The SMILES string of the molecule is CC(C)CN1CCc2nc(NC(=O)c3cccc4[nH]c(N)nc34)sc2C1. The highest BCUT2D eigenvalue weighted by Gasteiger charge is 2.22. The van der Waals surface area contributed by atoms with Crippen LogP contribution in [0.5, 0.6) is 0 Å². The summed E-state index contributed by atoms with van der Waals surface area (Å²) in [6.07, 6.45) is 0.930. The van der Waals surface area contributed by atoms with Gasteiger partial charge in [0, 0.05) is 30.9 Å². The van der Waals surface area contributed by atoms with E-state index in [1.807, 2.05) is 12.1 Å². The Morgan fingerprint density at radius 2 is 2.27 bits per heavy atom. The summed E-state index contributed by atoms with van der Waals surface area (Å²) in [5.41, 5.74) is 8.63. The van der Waals surface area contributed by atoms with Crippen LogP contribution in [0.25, 0.3) is 11.0 Å². The molecule has 0 saturated heterocycles. The molecule has 1 aliphatic rings. The van der Waals surface area contributed by atoms with Gasteiger partial charge in [-0.25, -0.2) is 9.97 Å². The predicted molar refractivity (Wildman–Crippen MR) is 104 cm³/mol. The molecule has 0 atom stereocenters. The Hall–Kier alpha value is -2.45. The van der Waals surface area contributed by atoms with E-state index in [2.05, 4.69) is 39.0 Å². The van der Waals surface area contributed by atoms with Crippen LogP contribution in [-0.4, -0.2) is 38.8 Å². The zero-order valence-electron chi connectivity index (χ0n) is 14.9. The molecule has 1 aromatic carbocycles. The number of hydrogen-bond donors (Lipinski definition) is 3. The lowest BCUT2D eigenvalue weighted by Gasteiger charge is -2.27. The Balaban J connectivity index is 1.53. The number of nitrogens with two attached hydrogens (primary N) is 1. The number of hydrogen-bond acceptors (Lipinski definition) is 6. The number of nitrogens with zero attached hydrogens (tertiary/aromatic N) is 3. The van der Waals surface area contributed by atoms with Crippen molar-refractivity contribution < 1.29 is 4.79 Å². The fourth-order valence-electron chi connectivity index (χ4n) is 3.37. The van der Waals surface area contributed by atoms with Gasteiger partial charge < -0.3 is 10.7 Å². The van der Waals surface area contributed by atoms with Gasteiger partial charge in [0.1, 0.15) is 5.52 Å². The monoisotopic (exact) mass is 370 g/mol. The van der Waals surface area contributed by atoms with Gasteiger partial charge in [-0.3, -0.25) is 15.0 Å². The normalized spacial score (nSPS) is 14.7. The number of benzene rings is 1. The smallest absolute Gasteiger partial charge is 0.259 e. The molecule has 8 heteroatoms. The molecular weight excluding hydrogens is 348 g/mol. The molecule has 0 unspecified atom stereocenters. The highest BCUT2D eigenvalue weighted by molar-refractivity contribution is 7.15. The Kier molecular flexibility index (Phi) is 4.37. The fraction of sp³-hybridized carbons (Fsp3) is 0.389. The first kappa shape index (κ1) is 17.0. The number of para-hydroxylation sites is 1. The summed E-state index contributed by atoms with van der Waals surface area (Å²) >= 11 is 1.56. The summed E-state index contributed by atoms with van der Waals surface area (Å²) in [4.78, 5) is 28.2. The predicted octanol–water partition coefficient (Wildman–Crippen LogP) is 2.87. The molecule has 0 saturated carbocycles. The lowest BCUT2D eigenvalue weighted by Crippen LogP contribution is -2.32. The minimum absolute atomic E-state index is 0.216. The number of amides is 1. The third kappa shape index (κ3) is 3.30. The van der Waals surface area contributed by atoms with E-state index in [-0.39, 0.29) is 5.91 Å². The van der Waals surface area contributed by atoms with Gasteiger partial charge in [-0.1, -0.05) is 19.9 Å². The standard InChI is InChI=1S/C18H22N6OS/c1-10(2)8-24-7-6-12-14(9-24)26-18(21-12)23-16(25)11-4-3-5-13-15(11)22-17(19)20-13/h3-5,10H,6-9H2,1-2H3,(H3,19,20,22)(H,21,23,25). The molecule has 4 N–H and O–H groups in total. The molecule has 2 aromatic heterocycles. The second kappa shape index (κ2) is 6.69. The second-order valence-corrected chi connectivity index (χ2v) is 8.13. The minimum Gasteiger partial charge on any atom is -0.369 e. The van der Waals surface area contributed by atoms with E-state index in [0.29, 0.717) is 28.1 Å². The molecular formula is C18H22N6OS. The molecule has 0 spiro atoms. The van der Waals surface area contributed by atoms with Crippen molar-refractivity contribution in [1.82, 2.24) is 19.9 Å². The van der Waals surface area contributed by atoms with Crippen molar-refractivity contribution in [3.63, 3.8) is 0 Å². The van der Waals surface area contributed by atoms with Gasteiger partial charge >= 0.3 is 0 Å². The van der Waals surface area contributed by atoms with Crippen LogP contribution in [0.3, 0.4) is 0 Å². The van der Waals surface area contributed by atoms with Crippen LogP contribution in [0, 0.1) is 5.92 Å². The molecule has 3 heterocycles. The van der Waals surface area contributed by atoms with E-state index in [4.69, 9.17) is 5.73 Å².